The van der Waals surface area contributed by atoms with E-state index in [4.69, 9.17) is 4.74 Å². The van der Waals surface area contributed by atoms with E-state index in [-0.39, 0.29) is 24.9 Å². The maximum Gasteiger partial charge on any atom is 0.325 e. The molecule has 3 aromatic carbocycles. The number of benzene rings is 3. The molecule has 3 rings (SSSR count). The lowest BCUT2D eigenvalue weighted by Crippen LogP contribution is -2.35. The maximum absolute atomic E-state index is 12.2. The zero-order chi connectivity index (χ0) is 21.3. The third kappa shape index (κ3) is 5.91. The molecule has 0 heterocycles. The van der Waals surface area contributed by atoms with Gasteiger partial charge in [0.15, 0.2) is 6.61 Å². The van der Waals surface area contributed by atoms with Crippen LogP contribution in [0.4, 0.5) is 0 Å². The van der Waals surface area contributed by atoms with Crippen molar-refractivity contribution >= 4 is 28.6 Å². The summed E-state index contributed by atoms with van der Waals surface area (Å²) in [6.45, 7) is 1.17. The monoisotopic (exact) mass is 404 g/mol. The Kier molecular flexibility index (Phi) is 7.16. The zero-order valence-corrected chi connectivity index (χ0v) is 16.8. The number of ether oxygens (including phenoxy) is 1. The van der Waals surface area contributed by atoms with Crippen LogP contribution in [-0.4, -0.2) is 30.9 Å². The van der Waals surface area contributed by atoms with Gasteiger partial charge in [-0.25, -0.2) is 0 Å². The number of nitrogens with one attached hydrogen (secondary N) is 2. The van der Waals surface area contributed by atoms with Crippen molar-refractivity contribution in [2.45, 2.75) is 19.4 Å². The second kappa shape index (κ2) is 10.2. The zero-order valence-electron chi connectivity index (χ0n) is 16.8. The summed E-state index contributed by atoms with van der Waals surface area (Å²) >= 11 is 0. The van der Waals surface area contributed by atoms with Gasteiger partial charge in [-0.05, 0) is 28.8 Å². The summed E-state index contributed by atoms with van der Waals surface area (Å²) in [5, 5.41) is 7.36. The van der Waals surface area contributed by atoms with Gasteiger partial charge >= 0.3 is 5.97 Å². The number of fused-ring (bicyclic) bond motifs is 1. The fourth-order valence-corrected chi connectivity index (χ4v) is 3.16. The molecule has 0 aliphatic heterocycles. The summed E-state index contributed by atoms with van der Waals surface area (Å²) in [4.78, 5) is 36.0. The fourth-order valence-electron chi connectivity index (χ4n) is 3.16. The maximum atomic E-state index is 12.2. The second-order valence-corrected chi connectivity index (χ2v) is 6.95. The highest BCUT2D eigenvalue weighted by Crippen LogP contribution is 2.18. The predicted molar refractivity (Wildman–Crippen MR) is 115 cm³/mol. The first-order chi connectivity index (χ1) is 14.5. The lowest BCUT2D eigenvalue weighted by atomic mass is 10.0. The number of carbonyl (C=O) groups excluding carboxylic acids is 3. The largest absolute Gasteiger partial charge is 0.454 e. The van der Waals surface area contributed by atoms with Gasteiger partial charge in [0.1, 0.15) is 6.54 Å². The van der Waals surface area contributed by atoms with Crippen molar-refractivity contribution in [1.82, 2.24) is 10.6 Å². The summed E-state index contributed by atoms with van der Waals surface area (Å²) in [7, 11) is 0. The molecule has 0 aliphatic rings. The van der Waals surface area contributed by atoms with Gasteiger partial charge in [-0.2, -0.15) is 0 Å². The van der Waals surface area contributed by atoms with E-state index in [9.17, 15) is 14.4 Å². The number of rotatable bonds is 8. The molecule has 1 atom stereocenters. The molecule has 2 amide bonds. The molecule has 0 aliphatic carbocycles. The molecule has 2 N–H and O–H groups in total. The van der Waals surface area contributed by atoms with E-state index in [1.54, 1.807) is 0 Å². The van der Waals surface area contributed by atoms with Crippen LogP contribution in [0, 0.1) is 0 Å². The first-order valence-electron chi connectivity index (χ1n) is 9.76. The van der Waals surface area contributed by atoms with Gasteiger partial charge in [0.25, 0.3) is 5.91 Å². The Bertz CT molecular complexity index is 1030. The van der Waals surface area contributed by atoms with Crippen LogP contribution in [0.15, 0.2) is 72.8 Å². The number of carbonyl (C=O) groups is 3. The molecule has 30 heavy (non-hydrogen) atoms. The molecule has 0 aromatic heterocycles. The molecule has 0 unspecified atom stereocenters. The minimum atomic E-state index is -0.663. The van der Waals surface area contributed by atoms with Crippen molar-refractivity contribution in [3.05, 3.63) is 83.9 Å². The van der Waals surface area contributed by atoms with Crippen LogP contribution >= 0.6 is 0 Å². The van der Waals surface area contributed by atoms with Gasteiger partial charge in [-0.3, -0.25) is 14.4 Å². The second-order valence-electron chi connectivity index (χ2n) is 6.95. The first kappa shape index (κ1) is 21.0. The van der Waals surface area contributed by atoms with Crippen molar-refractivity contribution in [2.75, 3.05) is 13.2 Å². The molecule has 0 saturated heterocycles. The lowest BCUT2D eigenvalue weighted by molar-refractivity contribution is -0.148. The first-order valence-corrected chi connectivity index (χ1v) is 9.76. The van der Waals surface area contributed by atoms with Gasteiger partial charge in [-0.1, -0.05) is 72.8 Å². The van der Waals surface area contributed by atoms with E-state index in [1.165, 1.54) is 0 Å². The molecule has 154 valence electrons. The van der Waals surface area contributed by atoms with E-state index in [1.807, 2.05) is 79.7 Å². The van der Waals surface area contributed by atoms with E-state index < -0.39 is 18.5 Å². The van der Waals surface area contributed by atoms with E-state index in [0.29, 0.717) is 0 Å². The SMILES string of the molecule is C[C@@H](NC(=O)COC(=O)CNC(=O)Cc1cccc2ccccc12)c1ccccc1. The van der Waals surface area contributed by atoms with Crippen LogP contribution in [0.3, 0.4) is 0 Å². The molecule has 6 heteroatoms. The van der Waals surface area contributed by atoms with Crippen molar-refractivity contribution in [3.63, 3.8) is 0 Å². The molecule has 0 bridgehead atoms. The standard InChI is InChI=1S/C24H24N2O4/c1-17(18-8-3-2-4-9-18)26-23(28)16-30-24(29)15-25-22(27)14-20-12-7-11-19-10-5-6-13-21(19)20/h2-13,17H,14-16H2,1H3,(H,25,27)(H,26,28)/t17-/m1/s1. The van der Waals surface area contributed by atoms with Crippen LogP contribution in [0.2, 0.25) is 0 Å². The van der Waals surface area contributed by atoms with Gasteiger partial charge < -0.3 is 15.4 Å². The van der Waals surface area contributed by atoms with Crippen molar-refractivity contribution in [3.8, 4) is 0 Å². The Labute approximate surface area is 175 Å². The molecule has 6 nitrogen and oxygen atoms in total. The van der Waals surface area contributed by atoms with Crippen LogP contribution in [0.25, 0.3) is 10.8 Å². The molecule has 0 spiro atoms. The molecule has 0 saturated carbocycles. The third-order valence-corrected chi connectivity index (χ3v) is 4.70. The normalized spacial score (nSPS) is 11.5. The van der Waals surface area contributed by atoms with Crippen LogP contribution in [-0.2, 0) is 25.5 Å². The minimum absolute atomic E-state index is 0.156. The average molecular weight is 404 g/mol. The highest BCUT2D eigenvalue weighted by Gasteiger charge is 2.13. The van der Waals surface area contributed by atoms with Crippen molar-refractivity contribution < 1.29 is 19.1 Å². The van der Waals surface area contributed by atoms with Crippen LogP contribution in [0.5, 0.6) is 0 Å². The minimum Gasteiger partial charge on any atom is -0.454 e. The number of amides is 2. The smallest absolute Gasteiger partial charge is 0.325 e. The Morgan fingerprint density at radius 2 is 1.57 bits per heavy atom. The quantitative estimate of drug-likeness (QED) is 0.566. The molecule has 3 aromatic rings. The fraction of sp³-hybridized carbons (Fsp3) is 0.208. The highest BCUT2D eigenvalue weighted by molar-refractivity contribution is 5.91. The molecular weight excluding hydrogens is 380 g/mol. The van der Waals surface area contributed by atoms with Crippen molar-refractivity contribution in [1.29, 1.82) is 0 Å². The van der Waals surface area contributed by atoms with Gasteiger partial charge in [0.05, 0.1) is 12.5 Å². The Morgan fingerprint density at radius 3 is 2.37 bits per heavy atom. The van der Waals surface area contributed by atoms with Gasteiger partial charge in [0.2, 0.25) is 5.91 Å². The van der Waals surface area contributed by atoms with Gasteiger partial charge in [0, 0.05) is 0 Å². The Morgan fingerprint density at radius 1 is 0.867 bits per heavy atom. The molecule has 0 fully saturated rings. The van der Waals surface area contributed by atoms with Crippen LogP contribution in [0.1, 0.15) is 24.1 Å². The van der Waals surface area contributed by atoms with E-state index >= 15 is 0 Å². The summed E-state index contributed by atoms with van der Waals surface area (Å²) < 4.78 is 4.95. The van der Waals surface area contributed by atoms with E-state index in [2.05, 4.69) is 10.6 Å². The number of hydrogen-bond acceptors (Lipinski definition) is 4. The lowest BCUT2D eigenvalue weighted by Gasteiger charge is -2.14. The summed E-state index contributed by atoms with van der Waals surface area (Å²) in [6, 6.07) is 22.9. The number of hydrogen-bond donors (Lipinski definition) is 2. The van der Waals surface area contributed by atoms with Crippen molar-refractivity contribution in [2.24, 2.45) is 0 Å². The molecule has 0 radical (unpaired) electrons. The predicted octanol–water partition coefficient (Wildman–Crippen LogP) is 2.92. The highest BCUT2D eigenvalue weighted by atomic mass is 16.5. The van der Waals surface area contributed by atoms with E-state index in [0.717, 1.165) is 21.9 Å². The average Bonchev–Trinajstić information content (AvgIpc) is 2.77. The summed E-state index contributed by atoms with van der Waals surface area (Å²) in [5.41, 5.74) is 1.84. The Hall–Kier alpha value is -3.67. The third-order valence-electron chi connectivity index (χ3n) is 4.70. The molecular formula is C24H24N2O4. The van der Waals surface area contributed by atoms with Gasteiger partial charge in [-0.15, -0.1) is 0 Å². The summed E-state index contributed by atoms with van der Waals surface area (Å²) in [6.07, 6.45) is 0.156. The summed E-state index contributed by atoms with van der Waals surface area (Å²) in [5.74, 6) is -1.35. The van der Waals surface area contributed by atoms with Crippen LogP contribution < -0.4 is 10.6 Å². The number of esters is 1. The Balaban J connectivity index is 1.41. The topological polar surface area (TPSA) is 84.5 Å².